The molecule has 0 radical (unpaired) electrons. The van der Waals surface area contributed by atoms with Crippen molar-refractivity contribution in [3.8, 4) is 0 Å². The van der Waals surface area contributed by atoms with Crippen LogP contribution in [-0.2, 0) is 4.74 Å². The van der Waals surface area contributed by atoms with Gasteiger partial charge >= 0.3 is 6.09 Å². The Morgan fingerprint density at radius 3 is 2.74 bits per heavy atom. The van der Waals surface area contributed by atoms with Crippen LogP contribution in [0.1, 0.15) is 32.4 Å². The van der Waals surface area contributed by atoms with Crippen LogP contribution in [0.2, 0.25) is 5.02 Å². The molecule has 1 atom stereocenters. The quantitative estimate of drug-likeness (QED) is 0.660. The van der Waals surface area contributed by atoms with Gasteiger partial charge in [-0.05, 0) is 38.5 Å². The van der Waals surface area contributed by atoms with Crippen molar-refractivity contribution in [2.45, 2.75) is 32.4 Å². The van der Waals surface area contributed by atoms with Gasteiger partial charge in [0.2, 0.25) is 0 Å². The average Bonchev–Trinajstić information content (AvgIpc) is 2.45. The molecule has 2 rings (SSSR count). The lowest BCUT2D eigenvalue weighted by Gasteiger charge is -2.37. The zero-order chi connectivity index (χ0) is 17.2. The second-order valence-corrected chi connectivity index (χ2v) is 6.77. The number of piperazine rings is 1. The van der Waals surface area contributed by atoms with Gasteiger partial charge in [0.15, 0.2) is 0 Å². The summed E-state index contributed by atoms with van der Waals surface area (Å²) in [7, 11) is 0. The van der Waals surface area contributed by atoms with E-state index in [9.17, 15) is 14.9 Å². The maximum Gasteiger partial charge on any atom is 0.410 e. The lowest BCUT2D eigenvalue weighted by atomic mass is 10.0. The number of carbonyl (C=O) groups is 1. The van der Waals surface area contributed by atoms with E-state index in [1.54, 1.807) is 11.0 Å². The van der Waals surface area contributed by atoms with Gasteiger partial charge in [-0.2, -0.15) is 0 Å². The highest BCUT2D eigenvalue weighted by molar-refractivity contribution is 6.32. The minimum absolute atomic E-state index is 0.0576. The van der Waals surface area contributed by atoms with Gasteiger partial charge in [0, 0.05) is 25.7 Å². The largest absolute Gasteiger partial charge is 0.444 e. The summed E-state index contributed by atoms with van der Waals surface area (Å²) in [6.07, 6.45) is -0.404. The zero-order valence-electron chi connectivity index (χ0n) is 13.3. The number of amides is 1. The third kappa shape index (κ3) is 4.33. The van der Waals surface area contributed by atoms with Crippen molar-refractivity contribution in [3.63, 3.8) is 0 Å². The minimum atomic E-state index is -0.584. The van der Waals surface area contributed by atoms with E-state index >= 15 is 0 Å². The summed E-state index contributed by atoms with van der Waals surface area (Å²) >= 11 is 5.98. The van der Waals surface area contributed by atoms with Crippen molar-refractivity contribution in [3.05, 3.63) is 38.9 Å². The molecule has 1 aromatic rings. The number of hydrogen-bond donors (Lipinski definition) is 1. The lowest BCUT2D eigenvalue weighted by Crippen LogP contribution is -2.50. The number of nitrogens with one attached hydrogen (secondary N) is 1. The molecule has 0 aliphatic carbocycles. The second-order valence-electron chi connectivity index (χ2n) is 6.36. The highest BCUT2D eigenvalue weighted by Gasteiger charge is 2.32. The number of hydrogen-bond acceptors (Lipinski definition) is 5. The molecule has 1 heterocycles. The predicted octanol–water partition coefficient (Wildman–Crippen LogP) is 3.13. The standard InChI is InChI=1S/C15H20ClN3O4/c1-15(2,3)23-14(20)18-7-6-17-9-13(18)10-4-5-12(19(21)22)11(16)8-10/h4-5,8,13,17H,6-7,9H2,1-3H3. The van der Waals surface area contributed by atoms with Gasteiger partial charge in [-0.3, -0.25) is 15.0 Å². The van der Waals surface area contributed by atoms with Crippen LogP contribution in [0.15, 0.2) is 18.2 Å². The number of nitro benzene ring substituents is 1. The Balaban J connectivity index is 2.26. The Morgan fingerprint density at radius 1 is 1.48 bits per heavy atom. The normalized spacial score (nSPS) is 18.6. The number of ether oxygens (including phenoxy) is 1. The van der Waals surface area contributed by atoms with Gasteiger partial charge in [-0.25, -0.2) is 4.79 Å². The fourth-order valence-corrected chi connectivity index (χ4v) is 2.68. The highest BCUT2D eigenvalue weighted by Crippen LogP contribution is 2.31. The maximum absolute atomic E-state index is 12.4. The first kappa shape index (κ1) is 17.5. The van der Waals surface area contributed by atoms with Crippen LogP contribution in [0.3, 0.4) is 0 Å². The summed E-state index contributed by atoms with van der Waals surface area (Å²) < 4.78 is 5.44. The molecule has 1 aromatic carbocycles. The third-order valence-electron chi connectivity index (χ3n) is 3.42. The molecule has 1 aliphatic heterocycles. The van der Waals surface area contributed by atoms with Crippen LogP contribution in [0.5, 0.6) is 0 Å². The molecule has 1 fully saturated rings. The molecule has 0 aromatic heterocycles. The van der Waals surface area contributed by atoms with Crippen molar-refractivity contribution in [1.82, 2.24) is 10.2 Å². The highest BCUT2D eigenvalue weighted by atomic mass is 35.5. The smallest absolute Gasteiger partial charge is 0.410 e. The van der Waals surface area contributed by atoms with Crippen molar-refractivity contribution in [2.24, 2.45) is 0 Å². The van der Waals surface area contributed by atoms with E-state index in [1.807, 2.05) is 20.8 Å². The average molecular weight is 342 g/mol. The van der Waals surface area contributed by atoms with Crippen molar-refractivity contribution < 1.29 is 14.5 Å². The first-order valence-electron chi connectivity index (χ1n) is 7.33. The minimum Gasteiger partial charge on any atom is -0.444 e. The van der Waals surface area contributed by atoms with Crippen LogP contribution in [0.4, 0.5) is 10.5 Å². The summed E-state index contributed by atoms with van der Waals surface area (Å²) in [6, 6.07) is 4.24. The Labute approximate surface area is 139 Å². The topological polar surface area (TPSA) is 84.7 Å². The summed E-state index contributed by atoms with van der Waals surface area (Å²) in [5, 5.41) is 14.1. The maximum atomic E-state index is 12.4. The van der Waals surface area contributed by atoms with E-state index in [1.165, 1.54) is 12.1 Å². The molecule has 7 nitrogen and oxygen atoms in total. The summed E-state index contributed by atoms with van der Waals surface area (Å²) in [5.41, 5.74) is 0.00117. The predicted molar refractivity (Wildman–Crippen MR) is 86.7 cm³/mol. The molecular weight excluding hydrogens is 322 g/mol. The number of halogens is 1. The van der Waals surface area contributed by atoms with Crippen LogP contribution < -0.4 is 5.32 Å². The molecule has 23 heavy (non-hydrogen) atoms. The van der Waals surface area contributed by atoms with Gasteiger partial charge in [-0.15, -0.1) is 0 Å². The van der Waals surface area contributed by atoms with Crippen molar-refractivity contribution >= 4 is 23.4 Å². The van der Waals surface area contributed by atoms with E-state index in [4.69, 9.17) is 16.3 Å². The Morgan fingerprint density at radius 2 is 2.17 bits per heavy atom. The Kier molecular flexibility index (Phi) is 5.11. The summed E-state index contributed by atoms with van der Waals surface area (Å²) in [5.74, 6) is 0. The van der Waals surface area contributed by atoms with Gasteiger partial charge in [0.25, 0.3) is 5.69 Å². The molecule has 0 spiro atoms. The second kappa shape index (κ2) is 6.72. The van der Waals surface area contributed by atoms with Gasteiger partial charge in [-0.1, -0.05) is 11.6 Å². The molecule has 1 aliphatic rings. The summed E-state index contributed by atoms with van der Waals surface area (Å²) in [6.45, 7) is 7.12. The van der Waals surface area contributed by atoms with E-state index in [-0.39, 0.29) is 16.8 Å². The zero-order valence-corrected chi connectivity index (χ0v) is 14.1. The summed E-state index contributed by atoms with van der Waals surface area (Å²) in [4.78, 5) is 24.3. The van der Waals surface area contributed by atoms with E-state index < -0.39 is 16.6 Å². The van der Waals surface area contributed by atoms with E-state index in [0.717, 1.165) is 5.56 Å². The fraction of sp³-hybridized carbons (Fsp3) is 0.533. The number of nitro groups is 1. The van der Waals surface area contributed by atoms with Crippen LogP contribution in [0.25, 0.3) is 0 Å². The van der Waals surface area contributed by atoms with Crippen molar-refractivity contribution in [1.29, 1.82) is 0 Å². The van der Waals surface area contributed by atoms with E-state index in [0.29, 0.717) is 19.6 Å². The SMILES string of the molecule is CC(C)(C)OC(=O)N1CCNCC1c1ccc([N+](=O)[O-])c(Cl)c1. The Bertz CT molecular complexity index is 615. The Hall–Kier alpha value is -1.86. The number of carbonyl (C=O) groups excluding carboxylic acids is 1. The van der Waals surface area contributed by atoms with Gasteiger partial charge < -0.3 is 10.1 Å². The molecular formula is C15H20ClN3O4. The molecule has 8 heteroatoms. The molecule has 0 saturated carbocycles. The monoisotopic (exact) mass is 341 g/mol. The molecule has 1 saturated heterocycles. The van der Waals surface area contributed by atoms with Crippen LogP contribution >= 0.6 is 11.6 Å². The number of rotatable bonds is 2. The van der Waals surface area contributed by atoms with E-state index in [2.05, 4.69) is 5.32 Å². The number of benzene rings is 1. The molecule has 1 unspecified atom stereocenters. The van der Waals surface area contributed by atoms with Crippen molar-refractivity contribution in [2.75, 3.05) is 19.6 Å². The molecule has 0 bridgehead atoms. The van der Waals surface area contributed by atoms with Gasteiger partial charge in [0.1, 0.15) is 10.6 Å². The first-order chi connectivity index (χ1) is 10.7. The molecule has 1 N–H and O–H groups in total. The molecule has 126 valence electrons. The molecule has 1 amide bonds. The lowest BCUT2D eigenvalue weighted by molar-refractivity contribution is -0.384. The first-order valence-corrected chi connectivity index (χ1v) is 7.71. The number of nitrogens with zero attached hydrogens (tertiary/aromatic N) is 2. The third-order valence-corrected chi connectivity index (χ3v) is 3.73. The van der Waals surface area contributed by atoms with Crippen LogP contribution in [0, 0.1) is 10.1 Å². The fourth-order valence-electron chi connectivity index (χ4n) is 2.42. The van der Waals surface area contributed by atoms with Gasteiger partial charge in [0.05, 0.1) is 11.0 Å². The van der Waals surface area contributed by atoms with Crippen LogP contribution in [-0.4, -0.2) is 41.2 Å².